The van der Waals surface area contributed by atoms with Gasteiger partial charge in [0, 0.05) is 31.6 Å². The monoisotopic (exact) mass is 465 g/mol. The van der Waals surface area contributed by atoms with Crippen molar-refractivity contribution in [3.8, 4) is 0 Å². The summed E-state index contributed by atoms with van der Waals surface area (Å²) in [6, 6.07) is 9.81. The van der Waals surface area contributed by atoms with Crippen molar-refractivity contribution in [1.82, 2.24) is 14.9 Å². The van der Waals surface area contributed by atoms with E-state index in [2.05, 4.69) is 10.0 Å². The Bertz CT molecular complexity index is 1100. The standard InChI is InChI=1S/C22H25F2N3O4S/c1-25-32(30,31)14-17-5-3-2-4-16(17)13-26-21(28)15-8-10-27(11-9-15)22(29)19-7-6-18(23)12-20(19)24/h2-7,12,15,25H,8-11,13-14H2,1H3,(H,26,28). The molecular formula is C22H25F2N3O4S. The van der Waals surface area contributed by atoms with Crippen LogP contribution in [0.2, 0.25) is 0 Å². The molecule has 32 heavy (non-hydrogen) atoms. The summed E-state index contributed by atoms with van der Waals surface area (Å²) < 4.78 is 53.0. The van der Waals surface area contributed by atoms with E-state index >= 15 is 0 Å². The van der Waals surface area contributed by atoms with Crippen LogP contribution < -0.4 is 10.0 Å². The van der Waals surface area contributed by atoms with Crippen LogP contribution in [0.4, 0.5) is 8.78 Å². The third kappa shape index (κ3) is 5.89. The van der Waals surface area contributed by atoms with Gasteiger partial charge >= 0.3 is 0 Å². The van der Waals surface area contributed by atoms with Crippen LogP contribution in [0.5, 0.6) is 0 Å². The Morgan fingerprint density at radius 3 is 2.34 bits per heavy atom. The maximum Gasteiger partial charge on any atom is 0.256 e. The molecule has 172 valence electrons. The van der Waals surface area contributed by atoms with Crippen LogP contribution in [-0.4, -0.2) is 45.3 Å². The zero-order valence-electron chi connectivity index (χ0n) is 17.6. The quantitative estimate of drug-likeness (QED) is 0.655. The van der Waals surface area contributed by atoms with Gasteiger partial charge in [-0.05, 0) is 43.1 Å². The molecule has 1 fully saturated rings. The van der Waals surface area contributed by atoms with Crippen molar-refractivity contribution in [2.75, 3.05) is 20.1 Å². The molecule has 2 aromatic rings. The number of hydrogen-bond acceptors (Lipinski definition) is 4. The molecule has 0 unspecified atom stereocenters. The number of carbonyl (C=O) groups excluding carboxylic acids is 2. The lowest BCUT2D eigenvalue weighted by Crippen LogP contribution is -2.43. The Morgan fingerprint density at radius 1 is 1.06 bits per heavy atom. The molecule has 1 saturated heterocycles. The van der Waals surface area contributed by atoms with Gasteiger partial charge in [-0.25, -0.2) is 21.9 Å². The Hall–Kier alpha value is -2.85. The first-order valence-corrected chi connectivity index (χ1v) is 11.9. The molecule has 10 heteroatoms. The average Bonchev–Trinajstić information content (AvgIpc) is 2.78. The molecule has 0 aromatic heterocycles. The number of carbonyl (C=O) groups is 2. The van der Waals surface area contributed by atoms with Crippen molar-refractivity contribution in [3.05, 3.63) is 70.8 Å². The fraction of sp³-hybridized carbons (Fsp3) is 0.364. The van der Waals surface area contributed by atoms with E-state index in [-0.39, 0.29) is 42.8 Å². The van der Waals surface area contributed by atoms with Crippen molar-refractivity contribution in [2.24, 2.45) is 5.92 Å². The third-order valence-electron chi connectivity index (χ3n) is 5.54. The molecule has 0 spiro atoms. The minimum Gasteiger partial charge on any atom is -0.352 e. The number of likely N-dealkylation sites (tertiary alicyclic amines) is 1. The highest BCUT2D eigenvalue weighted by Crippen LogP contribution is 2.21. The Balaban J connectivity index is 1.55. The van der Waals surface area contributed by atoms with E-state index < -0.39 is 27.6 Å². The number of amides is 2. The number of sulfonamides is 1. The number of piperidine rings is 1. The topological polar surface area (TPSA) is 95.6 Å². The summed E-state index contributed by atoms with van der Waals surface area (Å²) in [5.74, 6) is -2.87. The van der Waals surface area contributed by atoms with Crippen molar-refractivity contribution in [2.45, 2.75) is 25.1 Å². The molecule has 3 rings (SSSR count). The van der Waals surface area contributed by atoms with Gasteiger partial charge in [-0.2, -0.15) is 0 Å². The number of hydrogen-bond donors (Lipinski definition) is 2. The van der Waals surface area contributed by atoms with E-state index in [4.69, 9.17) is 0 Å². The van der Waals surface area contributed by atoms with Gasteiger partial charge in [0.05, 0.1) is 11.3 Å². The number of benzene rings is 2. The smallest absolute Gasteiger partial charge is 0.256 e. The Labute approximate surface area is 185 Å². The Morgan fingerprint density at radius 2 is 1.72 bits per heavy atom. The van der Waals surface area contributed by atoms with Gasteiger partial charge in [0.2, 0.25) is 15.9 Å². The summed E-state index contributed by atoms with van der Waals surface area (Å²) in [7, 11) is -2.10. The van der Waals surface area contributed by atoms with Crippen LogP contribution in [0.1, 0.15) is 34.3 Å². The molecular weight excluding hydrogens is 440 g/mol. The van der Waals surface area contributed by atoms with Gasteiger partial charge in [0.25, 0.3) is 5.91 Å². The molecule has 0 bridgehead atoms. The normalized spacial score (nSPS) is 14.9. The highest BCUT2D eigenvalue weighted by Gasteiger charge is 2.29. The lowest BCUT2D eigenvalue weighted by Gasteiger charge is -2.31. The summed E-state index contributed by atoms with van der Waals surface area (Å²) >= 11 is 0. The second-order valence-electron chi connectivity index (χ2n) is 7.64. The molecule has 7 nitrogen and oxygen atoms in total. The van der Waals surface area contributed by atoms with Crippen LogP contribution in [0, 0.1) is 17.6 Å². The molecule has 2 N–H and O–H groups in total. The number of nitrogens with zero attached hydrogens (tertiary/aromatic N) is 1. The van der Waals surface area contributed by atoms with Gasteiger partial charge in [0.1, 0.15) is 11.6 Å². The van der Waals surface area contributed by atoms with Gasteiger partial charge < -0.3 is 10.2 Å². The fourth-order valence-corrected chi connectivity index (χ4v) is 4.49. The number of nitrogens with one attached hydrogen (secondary N) is 2. The van der Waals surface area contributed by atoms with Crippen LogP contribution in [0.25, 0.3) is 0 Å². The first-order valence-electron chi connectivity index (χ1n) is 10.2. The molecule has 2 amide bonds. The predicted octanol–water partition coefficient (Wildman–Crippen LogP) is 2.18. The molecule has 0 atom stereocenters. The summed E-state index contributed by atoms with van der Waals surface area (Å²) in [5.41, 5.74) is 1.12. The first-order chi connectivity index (χ1) is 15.2. The second-order valence-corrected chi connectivity index (χ2v) is 9.57. The van der Waals surface area contributed by atoms with Crippen molar-refractivity contribution in [1.29, 1.82) is 0 Å². The van der Waals surface area contributed by atoms with Gasteiger partial charge in [-0.3, -0.25) is 9.59 Å². The maximum absolute atomic E-state index is 13.9. The zero-order chi connectivity index (χ0) is 23.3. The van der Waals surface area contributed by atoms with E-state index in [0.29, 0.717) is 30.0 Å². The SMILES string of the molecule is CNS(=O)(=O)Cc1ccccc1CNC(=O)C1CCN(C(=O)c2ccc(F)cc2F)CC1. The summed E-state index contributed by atoms with van der Waals surface area (Å²) in [6.07, 6.45) is 0.826. The molecule has 1 aliphatic rings. The van der Waals surface area contributed by atoms with E-state index in [9.17, 15) is 26.8 Å². The fourth-order valence-electron chi connectivity index (χ4n) is 3.65. The van der Waals surface area contributed by atoms with Crippen LogP contribution in [0.3, 0.4) is 0 Å². The van der Waals surface area contributed by atoms with Gasteiger partial charge in [-0.1, -0.05) is 24.3 Å². The van der Waals surface area contributed by atoms with E-state index in [1.165, 1.54) is 11.9 Å². The number of rotatable bonds is 7. The van der Waals surface area contributed by atoms with Crippen molar-refractivity contribution >= 4 is 21.8 Å². The molecule has 0 aliphatic carbocycles. The van der Waals surface area contributed by atoms with Gasteiger partial charge in [0.15, 0.2) is 0 Å². The van der Waals surface area contributed by atoms with Crippen molar-refractivity contribution in [3.63, 3.8) is 0 Å². The molecule has 0 saturated carbocycles. The molecule has 2 aromatic carbocycles. The average molecular weight is 466 g/mol. The largest absolute Gasteiger partial charge is 0.352 e. The van der Waals surface area contributed by atoms with E-state index in [1.54, 1.807) is 24.3 Å². The second kappa shape index (κ2) is 10.2. The lowest BCUT2D eigenvalue weighted by atomic mass is 9.95. The zero-order valence-corrected chi connectivity index (χ0v) is 18.4. The van der Waals surface area contributed by atoms with Crippen molar-refractivity contribution < 1.29 is 26.8 Å². The highest BCUT2D eigenvalue weighted by atomic mass is 32.2. The first kappa shape index (κ1) is 23.8. The Kier molecular flexibility index (Phi) is 7.57. The molecule has 1 aliphatic heterocycles. The summed E-state index contributed by atoms with van der Waals surface area (Å²) in [5, 5.41) is 2.84. The minimum absolute atomic E-state index is 0.184. The van der Waals surface area contributed by atoms with E-state index in [0.717, 1.165) is 12.1 Å². The molecule has 1 heterocycles. The van der Waals surface area contributed by atoms with E-state index in [1.807, 2.05) is 0 Å². The lowest BCUT2D eigenvalue weighted by molar-refractivity contribution is -0.126. The van der Waals surface area contributed by atoms with Gasteiger partial charge in [-0.15, -0.1) is 0 Å². The highest BCUT2D eigenvalue weighted by molar-refractivity contribution is 7.88. The van der Waals surface area contributed by atoms with Crippen LogP contribution in [0.15, 0.2) is 42.5 Å². The third-order valence-corrected chi connectivity index (χ3v) is 6.86. The van der Waals surface area contributed by atoms with Crippen LogP contribution >= 0.6 is 0 Å². The predicted molar refractivity (Wildman–Crippen MR) is 115 cm³/mol. The number of halogens is 2. The minimum atomic E-state index is -3.44. The molecule has 0 radical (unpaired) electrons. The van der Waals surface area contributed by atoms with Crippen LogP contribution in [-0.2, 0) is 27.1 Å². The summed E-state index contributed by atoms with van der Waals surface area (Å²) in [4.78, 5) is 26.6. The summed E-state index contributed by atoms with van der Waals surface area (Å²) in [6.45, 7) is 0.754. The maximum atomic E-state index is 13.9.